The largest absolute Gasteiger partial charge is 0.480 e. The summed E-state index contributed by atoms with van der Waals surface area (Å²) in [5.41, 5.74) is 0.111. The Bertz CT molecular complexity index is 453. The third-order valence-corrected chi connectivity index (χ3v) is 5.11. The van der Waals surface area contributed by atoms with Gasteiger partial charge in [-0.2, -0.15) is 0 Å². The van der Waals surface area contributed by atoms with Gasteiger partial charge in [0.25, 0.3) is 0 Å². The predicted octanol–water partition coefficient (Wildman–Crippen LogP) is 2.28. The van der Waals surface area contributed by atoms with Crippen molar-refractivity contribution < 1.29 is 15.0 Å². The number of carboxylic acid groups (broad SMARTS) is 1. The number of hydrogen-bond donors (Lipinski definition) is 2. The quantitative estimate of drug-likeness (QED) is 0.870. The molecule has 0 aromatic carbocycles. The fourth-order valence-corrected chi connectivity index (χ4v) is 3.58. The zero-order valence-corrected chi connectivity index (χ0v) is 12.2. The molecule has 4 nitrogen and oxygen atoms in total. The van der Waals surface area contributed by atoms with Gasteiger partial charge in [0.15, 0.2) is 0 Å². The monoisotopic (exact) mass is 283 g/mol. The summed E-state index contributed by atoms with van der Waals surface area (Å²) in [5.74, 6) is -0.825. The van der Waals surface area contributed by atoms with Crippen LogP contribution in [0.4, 0.5) is 0 Å². The molecule has 0 saturated carbocycles. The first-order chi connectivity index (χ1) is 9.00. The van der Waals surface area contributed by atoms with E-state index in [1.165, 1.54) is 4.88 Å². The Morgan fingerprint density at radius 3 is 2.79 bits per heavy atom. The van der Waals surface area contributed by atoms with E-state index >= 15 is 0 Å². The number of β-amino-alcohol motifs (C(OH)–C–C–N with tert-alkyl or cyclic N) is 1. The van der Waals surface area contributed by atoms with Crippen LogP contribution in [0.1, 0.15) is 43.2 Å². The van der Waals surface area contributed by atoms with Gasteiger partial charge in [-0.3, -0.25) is 9.69 Å². The first-order valence-electron chi connectivity index (χ1n) is 6.76. The van der Waals surface area contributed by atoms with Crippen molar-refractivity contribution in [1.82, 2.24) is 4.90 Å². The van der Waals surface area contributed by atoms with Crippen molar-refractivity contribution in [2.75, 3.05) is 13.1 Å². The normalized spacial score (nSPS) is 20.3. The lowest BCUT2D eigenvalue weighted by molar-refractivity contribution is -0.145. The Kier molecular flexibility index (Phi) is 4.28. The Morgan fingerprint density at radius 1 is 1.53 bits per heavy atom. The highest BCUT2D eigenvalue weighted by Crippen LogP contribution is 2.34. The summed E-state index contributed by atoms with van der Waals surface area (Å²) in [7, 11) is 0. The number of aliphatic hydroxyl groups is 1. The molecular weight excluding hydrogens is 262 g/mol. The summed E-state index contributed by atoms with van der Waals surface area (Å²) < 4.78 is 0. The fourth-order valence-electron chi connectivity index (χ4n) is 2.68. The summed E-state index contributed by atoms with van der Waals surface area (Å²) in [6, 6.07) is 1.29. The second-order valence-corrected chi connectivity index (χ2v) is 6.19. The minimum Gasteiger partial charge on any atom is -0.480 e. The number of carboxylic acids is 1. The topological polar surface area (TPSA) is 60.8 Å². The van der Waals surface area contributed by atoms with Crippen LogP contribution in [0.25, 0.3) is 0 Å². The van der Waals surface area contributed by atoms with Crippen LogP contribution in [0, 0.1) is 0 Å². The van der Waals surface area contributed by atoms with E-state index in [0.29, 0.717) is 25.9 Å². The molecule has 1 atom stereocenters. The Morgan fingerprint density at radius 2 is 2.21 bits per heavy atom. The van der Waals surface area contributed by atoms with Gasteiger partial charge in [-0.05, 0) is 36.3 Å². The van der Waals surface area contributed by atoms with E-state index in [2.05, 4.69) is 0 Å². The number of hydrogen-bond acceptors (Lipinski definition) is 4. The standard InChI is InChI=1S/C14H21NO3S/c1-3-14(18,4-2)9-15-7-5-11-10(6-8-19-11)12(15)13(16)17/h6,8,12,18H,3-5,7,9H2,1-2H3,(H,16,17). The molecule has 0 fully saturated rings. The molecule has 19 heavy (non-hydrogen) atoms. The number of fused-ring (bicyclic) bond motifs is 1. The summed E-state index contributed by atoms with van der Waals surface area (Å²) in [4.78, 5) is 14.6. The van der Waals surface area contributed by atoms with Crippen LogP contribution in [0.5, 0.6) is 0 Å². The van der Waals surface area contributed by atoms with E-state index in [1.54, 1.807) is 11.3 Å². The highest BCUT2D eigenvalue weighted by atomic mass is 32.1. The van der Waals surface area contributed by atoms with Crippen LogP contribution in [0.3, 0.4) is 0 Å². The van der Waals surface area contributed by atoms with Crippen molar-refractivity contribution in [3.63, 3.8) is 0 Å². The maximum atomic E-state index is 11.6. The minimum atomic E-state index is -0.825. The molecule has 106 valence electrons. The van der Waals surface area contributed by atoms with E-state index in [0.717, 1.165) is 12.0 Å². The summed E-state index contributed by atoms with van der Waals surface area (Å²) in [6.07, 6.45) is 2.16. The maximum Gasteiger partial charge on any atom is 0.325 e. The van der Waals surface area contributed by atoms with Crippen molar-refractivity contribution in [3.05, 3.63) is 21.9 Å². The number of rotatable bonds is 5. The van der Waals surface area contributed by atoms with Gasteiger partial charge in [0.2, 0.25) is 0 Å². The third-order valence-electron chi connectivity index (χ3n) is 4.11. The summed E-state index contributed by atoms with van der Waals surface area (Å²) in [5, 5.41) is 21.9. The van der Waals surface area contributed by atoms with Gasteiger partial charge in [0.05, 0.1) is 5.60 Å². The SMILES string of the molecule is CCC(O)(CC)CN1CCc2sccc2C1C(=O)O. The van der Waals surface area contributed by atoms with Crippen molar-refractivity contribution in [1.29, 1.82) is 0 Å². The van der Waals surface area contributed by atoms with E-state index in [-0.39, 0.29) is 0 Å². The zero-order chi connectivity index (χ0) is 14.0. The number of aliphatic carboxylic acids is 1. The molecule has 0 saturated heterocycles. The minimum absolute atomic E-state index is 0.423. The Hall–Kier alpha value is -0.910. The van der Waals surface area contributed by atoms with Crippen LogP contribution in [-0.2, 0) is 11.2 Å². The molecule has 2 N–H and O–H groups in total. The van der Waals surface area contributed by atoms with Gasteiger partial charge in [-0.15, -0.1) is 11.3 Å². The highest BCUT2D eigenvalue weighted by molar-refractivity contribution is 7.10. The second kappa shape index (κ2) is 5.61. The highest BCUT2D eigenvalue weighted by Gasteiger charge is 2.37. The van der Waals surface area contributed by atoms with Crippen LogP contribution < -0.4 is 0 Å². The number of carbonyl (C=O) groups is 1. The molecule has 1 aromatic rings. The van der Waals surface area contributed by atoms with Crippen LogP contribution >= 0.6 is 11.3 Å². The summed E-state index contributed by atoms with van der Waals surface area (Å²) in [6.45, 7) is 5.01. The molecule has 0 bridgehead atoms. The molecule has 0 aliphatic carbocycles. The fraction of sp³-hybridized carbons (Fsp3) is 0.643. The lowest BCUT2D eigenvalue weighted by atomic mass is 9.93. The molecule has 2 heterocycles. The average Bonchev–Trinajstić information content (AvgIpc) is 2.86. The van der Waals surface area contributed by atoms with Gasteiger partial charge >= 0.3 is 5.97 Å². The van der Waals surface area contributed by atoms with E-state index in [4.69, 9.17) is 0 Å². The van der Waals surface area contributed by atoms with E-state index in [9.17, 15) is 15.0 Å². The summed E-state index contributed by atoms with van der Waals surface area (Å²) >= 11 is 1.63. The van der Waals surface area contributed by atoms with Crippen molar-refractivity contribution >= 4 is 17.3 Å². The van der Waals surface area contributed by atoms with E-state index < -0.39 is 17.6 Å². The molecule has 1 aliphatic rings. The average molecular weight is 283 g/mol. The molecular formula is C14H21NO3S. The van der Waals surface area contributed by atoms with E-state index in [1.807, 2.05) is 30.2 Å². The predicted molar refractivity (Wildman–Crippen MR) is 75.5 cm³/mol. The molecule has 0 amide bonds. The van der Waals surface area contributed by atoms with Crippen LogP contribution in [0.2, 0.25) is 0 Å². The van der Waals surface area contributed by atoms with Crippen molar-refractivity contribution in [3.8, 4) is 0 Å². The first kappa shape index (κ1) is 14.5. The maximum absolute atomic E-state index is 11.6. The van der Waals surface area contributed by atoms with Gasteiger partial charge < -0.3 is 10.2 Å². The zero-order valence-electron chi connectivity index (χ0n) is 11.4. The molecule has 1 aromatic heterocycles. The first-order valence-corrected chi connectivity index (χ1v) is 7.64. The van der Waals surface area contributed by atoms with Gasteiger partial charge in [0.1, 0.15) is 6.04 Å². The number of thiophene rings is 1. The molecule has 1 aliphatic heterocycles. The van der Waals surface area contributed by atoms with Crippen molar-refractivity contribution in [2.45, 2.75) is 44.8 Å². The molecule has 5 heteroatoms. The Balaban J connectivity index is 2.24. The molecule has 0 spiro atoms. The molecule has 2 rings (SSSR count). The molecule has 0 radical (unpaired) electrons. The van der Waals surface area contributed by atoms with Crippen LogP contribution in [0.15, 0.2) is 11.4 Å². The lowest BCUT2D eigenvalue weighted by Gasteiger charge is -2.38. The lowest BCUT2D eigenvalue weighted by Crippen LogP contribution is -2.48. The number of nitrogens with zero attached hydrogens (tertiary/aromatic N) is 1. The Labute approximate surface area is 117 Å². The third kappa shape index (κ3) is 2.83. The van der Waals surface area contributed by atoms with Gasteiger partial charge in [-0.25, -0.2) is 0 Å². The molecule has 1 unspecified atom stereocenters. The van der Waals surface area contributed by atoms with Gasteiger partial charge in [-0.1, -0.05) is 13.8 Å². The van der Waals surface area contributed by atoms with Gasteiger partial charge in [0, 0.05) is 18.0 Å². The second-order valence-electron chi connectivity index (χ2n) is 5.19. The smallest absolute Gasteiger partial charge is 0.325 e. The van der Waals surface area contributed by atoms with Crippen LogP contribution in [-0.4, -0.2) is 39.8 Å². The van der Waals surface area contributed by atoms with Crippen molar-refractivity contribution in [2.24, 2.45) is 0 Å².